The van der Waals surface area contributed by atoms with Crippen molar-refractivity contribution in [1.29, 1.82) is 0 Å². The molecular weight excluding hydrogens is 384 g/mol. The number of amides is 1. The monoisotopic (exact) mass is 410 g/mol. The number of anilines is 2. The Labute approximate surface area is 175 Å². The van der Waals surface area contributed by atoms with E-state index in [4.69, 9.17) is 24.5 Å². The first-order valence-corrected chi connectivity index (χ1v) is 10.6. The van der Waals surface area contributed by atoms with Crippen molar-refractivity contribution in [1.82, 2.24) is 9.97 Å². The van der Waals surface area contributed by atoms with Gasteiger partial charge in [-0.2, -0.15) is 0 Å². The molecule has 2 unspecified atom stereocenters. The van der Waals surface area contributed by atoms with Crippen LogP contribution in [0.5, 0.6) is 0 Å². The highest BCUT2D eigenvalue weighted by Crippen LogP contribution is 2.35. The van der Waals surface area contributed by atoms with E-state index in [1.54, 1.807) is 12.1 Å². The lowest BCUT2D eigenvalue weighted by Gasteiger charge is -2.34. The number of aromatic nitrogens is 2. The zero-order chi connectivity index (χ0) is 20.5. The smallest absolute Gasteiger partial charge is 0.411 e. The second-order valence-electron chi connectivity index (χ2n) is 8.07. The summed E-state index contributed by atoms with van der Waals surface area (Å²) in [6, 6.07) is 7.43. The van der Waals surface area contributed by atoms with E-state index in [0.717, 1.165) is 68.1 Å². The van der Waals surface area contributed by atoms with Gasteiger partial charge in [-0.05, 0) is 56.4 Å². The van der Waals surface area contributed by atoms with Gasteiger partial charge in [-0.1, -0.05) is 0 Å². The summed E-state index contributed by atoms with van der Waals surface area (Å²) in [7, 11) is 0. The van der Waals surface area contributed by atoms with Crippen molar-refractivity contribution in [3.05, 3.63) is 35.5 Å². The van der Waals surface area contributed by atoms with E-state index < -0.39 is 6.09 Å². The molecule has 1 amide bonds. The Bertz CT molecular complexity index is 921. The lowest BCUT2D eigenvalue weighted by Crippen LogP contribution is -2.43. The molecule has 3 heterocycles. The first-order chi connectivity index (χ1) is 14.7. The van der Waals surface area contributed by atoms with Crippen molar-refractivity contribution in [2.45, 2.75) is 44.3 Å². The molecule has 8 nitrogen and oxygen atoms in total. The van der Waals surface area contributed by atoms with E-state index in [0.29, 0.717) is 17.9 Å². The van der Waals surface area contributed by atoms with Gasteiger partial charge in [-0.25, -0.2) is 14.8 Å². The normalized spacial score (nSPS) is 22.1. The number of nitrogens with zero attached hydrogens (tertiary/aromatic N) is 3. The summed E-state index contributed by atoms with van der Waals surface area (Å²) in [6.07, 6.45) is 5.46. The summed E-state index contributed by atoms with van der Waals surface area (Å²) < 4.78 is 10.8. The number of aliphatic hydroxyl groups excluding tert-OH is 1. The van der Waals surface area contributed by atoms with Crippen molar-refractivity contribution < 1.29 is 19.4 Å². The van der Waals surface area contributed by atoms with Crippen molar-refractivity contribution in [3.8, 4) is 11.4 Å². The second kappa shape index (κ2) is 8.20. The summed E-state index contributed by atoms with van der Waals surface area (Å²) in [5.74, 6) is 1.79. The Morgan fingerprint density at radius 2 is 1.93 bits per heavy atom. The Kier molecular flexibility index (Phi) is 5.26. The lowest BCUT2D eigenvalue weighted by atomic mass is 10.1. The summed E-state index contributed by atoms with van der Waals surface area (Å²) in [5, 5.41) is 11.4. The lowest BCUT2D eigenvalue weighted by molar-refractivity contribution is 0.0301. The van der Waals surface area contributed by atoms with Gasteiger partial charge in [-0.3, -0.25) is 5.32 Å². The van der Waals surface area contributed by atoms with Gasteiger partial charge < -0.3 is 19.5 Å². The van der Waals surface area contributed by atoms with Crippen LogP contribution in [0, 0.1) is 0 Å². The van der Waals surface area contributed by atoms with E-state index in [1.165, 1.54) is 5.56 Å². The van der Waals surface area contributed by atoms with Crippen LogP contribution < -0.4 is 10.2 Å². The maximum Gasteiger partial charge on any atom is 0.411 e. The fraction of sp³-hybridized carbons (Fsp3) is 0.500. The Hall–Kier alpha value is -2.71. The van der Waals surface area contributed by atoms with Crippen molar-refractivity contribution >= 4 is 17.6 Å². The molecule has 2 N–H and O–H groups in total. The number of aryl methyl sites for hydroxylation is 1. The van der Waals surface area contributed by atoms with Crippen molar-refractivity contribution in [3.63, 3.8) is 0 Å². The number of rotatable bonds is 5. The first-order valence-electron chi connectivity index (χ1n) is 10.6. The number of carbonyl (C=O) groups is 1. The van der Waals surface area contributed by atoms with Crippen LogP contribution in [0.2, 0.25) is 0 Å². The molecule has 1 aliphatic carbocycles. The predicted octanol–water partition coefficient (Wildman–Crippen LogP) is 2.54. The zero-order valence-electron chi connectivity index (χ0n) is 16.8. The van der Waals surface area contributed by atoms with Crippen LogP contribution >= 0.6 is 0 Å². The minimum atomic E-state index is -0.588. The van der Waals surface area contributed by atoms with Gasteiger partial charge in [-0.15, -0.1) is 0 Å². The number of nitrogens with one attached hydrogen (secondary N) is 1. The molecule has 0 saturated carbocycles. The summed E-state index contributed by atoms with van der Waals surface area (Å²) in [6.45, 7) is 1.57. The highest BCUT2D eigenvalue weighted by molar-refractivity contribution is 5.85. The molecular formula is C22H26N4O4. The number of hydrogen-bond acceptors (Lipinski definition) is 7. The summed E-state index contributed by atoms with van der Waals surface area (Å²) >= 11 is 0. The molecule has 30 heavy (non-hydrogen) atoms. The Balaban J connectivity index is 1.39. The maximum atomic E-state index is 11.6. The summed E-state index contributed by atoms with van der Waals surface area (Å²) in [5.41, 5.74) is 3.98. The zero-order valence-corrected chi connectivity index (χ0v) is 16.8. The molecule has 8 heteroatoms. The number of aliphatic hydroxyl groups is 1. The van der Waals surface area contributed by atoms with Crippen molar-refractivity contribution in [2.24, 2.45) is 0 Å². The molecule has 2 aliphatic heterocycles. The molecule has 2 aromatic rings. The van der Waals surface area contributed by atoms with E-state index >= 15 is 0 Å². The first kappa shape index (κ1) is 19.3. The number of morpholine rings is 1. The van der Waals surface area contributed by atoms with E-state index in [-0.39, 0.29) is 13.2 Å². The number of carbonyl (C=O) groups excluding carboxylic acids is 1. The molecule has 0 spiro atoms. The highest BCUT2D eigenvalue weighted by atomic mass is 16.6. The minimum Gasteiger partial charge on any atom is -0.447 e. The molecule has 158 valence electrons. The van der Waals surface area contributed by atoms with Crippen LogP contribution in [0.4, 0.5) is 16.3 Å². The highest BCUT2D eigenvalue weighted by Gasteiger charge is 2.36. The fourth-order valence-corrected chi connectivity index (χ4v) is 4.59. The molecule has 1 aromatic carbocycles. The third-order valence-corrected chi connectivity index (χ3v) is 5.97. The molecule has 2 saturated heterocycles. The van der Waals surface area contributed by atoms with Crippen LogP contribution in [0.25, 0.3) is 11.4 Å². The molecule has 1 aromatic heterocycles. The summed E-state index contributed by atoms with van der Waals surface area (Å²) in [4.78, 5) is 23.9. The van der Waals surface area contributed by atoms with Crippen LogP contribution in [0.15, 0.2) is 24.3 Å². The molecule has 3 aliphatic rings. The molecule has 5 rings (SSSR count). The molecule has 2 bridgehead atoms. The number of benzene rings is 1. The van der Waals surface area contributed by atoms with Crippen LogP contribution in [-0.2, 0) is 22.3 Å². The van der Waals surface area contributed by atoms with Gasteiger partial charge >= 0.3 is 6.09 Å². The second-order valence-corrected chi connectivity index (χ2v) is 8.07. The Morgan fingerprint density at radius 1 is 1.17 bits per heavy atom. The van der Waals surface area contributed by atoms with E-state index in [2.05, 4.69) is 10.2 Å². The SMILES string of the molecule is O=C(Nc1ccc(-c2nc3c(c(N4CC5CCC(C4)O5)n2)CCC3)cc1)OCCO. The fourth-order valence-electron chi connectivity index (χ4n) is 4.59. The standard InChI is InChI=1S/C22H26N4O4/c27-10-11-29-22(28)23-15-6-4-14(5-7-15)20-24-19-3-1-2-18(19)21(25-20)26-12-16-8-9-17(13-26)30-16/h4-7,16-17,27H,1-3,8-13H2,(H,23,28). The maximum absolute atomic E-state index is 11.6. The number of ether oxygens (including phenoxy) is 2. The van der Waals surface area contributed by atoms with Gasteiger partial charge in [0.15, 0.2) is 5.82 Å². The van der Waals surface area contributed by atoms with Gasteiger partial charge in [0.2, 0.25) is 0 Å². The predicted molar refractivity (Wildman–Crippen MR) is 112 cm³/mol. The van der Waals surface area contributed by atoms with Crippen LogP contribution in [0.3, 0.4) is 0 Å². The van der Waals surface area contributed by atoms with Gasteiger partial charge in [0.1, 0.15) is 12.4 Å². The molecule has 0 radical (unpaired) electrons. The molecule has 2 fully saturated rings. The Morgan fingerprint density at radius 3 is 2.67 bits per heavy atom. The minimum absolute atomic E-state index is 0.0289. The quantitative estimate of drug-likeness (QED) is 0.782. The van der Waals surface area contributed by atoms with Gasteiger partial charge in [0.05, 0.1) is 18.8 Å². The third-order valence-electron chi connectivity index (χ3n) is 5.97. The largest absolute Gasteiger partial charge is 0.447 e. The number of hydrogen-bond donors (Lipinski definition) is 2. The van der Waals surface area contributed by atoms with E-state index in [9.17, 15) is 4.79 Å². The average Bonchev–Trinajstić information content (AvgIpc) is 3.37. The van der Waals surface area contributed by atoms with Crippen LogP contribution in [0.1, 0.15) is 30.5 Å². The van der Waals surface area contributed by atoms with Gasteiger partial charge in [0, 0.05) is 35.6 Å². The third kappa shape index (κ3) is 3.85. The van der Waals surface area contributed by atoms with E-state index in [1.807, 2.05) is 12.1 Å². The number of fused-ring (bicyclic) bond motifs is 3. The van der Waals surface area contributed by atoms with Crippen molar-refractivity contribution in [2.75, 3.05) is 36.5 Å². The van der Waals surface area contributed by atoms with Crippen LogP contribution in [-0.4, -0.2) is 59.7 Å². The average molecular weight is 410 g/mol. The topological polar surface area (TPSA) is 96.8 Å². The van der Waals surface area contributed by atoms with Gasteiger partial charge in [0.25, 0.3) is 0 Å². The molecule has 2 atom stereocenters.